The summed E-state index contributed by atoms with van der Waals surface area (Å²) in [5.41, 5.74) is 3.19. The van der Waals surface area contributed by atoms with Gasteiger partial charge in [-0.15, -0.1) is 0 Å². The number of Topliss-reactive ketones (excluding diaryl/α,β-unsaturated/α-hetero) is 1. The normalized spacial score (nSPS) is 45.3. The van der Waals surface area contributed by atoms with E-state index in [9.17, 15) is 9.90 Å². The largest absolute Gasteiger partial charge is 0.508 e. The van der Waals surface area contributed by atoms with E-state index in [4.69, 9.17) is 0 Å². The number of phenols is 1. The van der Waals surface area contributed by atoms with Crippen LogP contribution in [0.4, 0.5) is 0 Å². The second kappa shape index (κ2) is 7.10. The van der Waals surface area contributed by atoms with Gasteiger partial charge in [-0.3, -0.25) is 4.79 Å². The molecule has 4 fully saturated rings. The molecule has 0 spiro atoms. The number of carbonyl (C=O) groups excluding carboxylic acids is 1. The number of carbonyl (C=O) groups is 1. The first-order valence-corrected chi connectivity index (χ1v) is 12.5. The first-order chi connectivity index (χ1) is 14.3. The predicted octanol–water partition coefficient (Wildman–Crippen LogP) is 7.03. The monoisotopic (exact) mass is 408 g/mol. The molecule has 30 heavy (non-hydrogen) atoms. The van der Waals surface area contributed by atoms with Gasteiger partial charge in [-0.25, -0.2) is 0 Å². The fourth-order valence-electron chi connectivity index (χ4n) is 9.38. The SMILES string of the molecule is CC(=O)[C@H]1CC[C@H]2[C@@H]3CCC4CC(c5c(C)cccc5O)CC[C@]4(C)[C@H]3CC[C@]12C. The quantitative estimate of drug-likeness (QED) is 0.570. The minimum atomic E-state index is 0.264. The van der Waals surface area contributed by atoms with Crippen molar-refractivity contribution < 1.29 is 9.90 Å². The standard InChI is InChI=1S/C28H40O2/c1-17-6-5-7-25(30)26(17)19-12-14-27(3)20(16-19)8-9-21-23-11-10-22(18(2)29)28(23,4)15-13-24(21)27/h5-7,19-24,30H,8-16H2,1-4H3/t19?,20?,21-,22+,23-,24-,27-,28+/m0/s1. The Hall–Kier alpha value is -1.31. The lowest BCUT2D eigenvalue weighted by Crippen LogP contribution is -2.53. The fraction of sp³-hybridized carbons (Fsp3) is 0.750. The lowest BCUT2D eigenvalue weighted by atomic mass is 9.44. The summed E-state index contributed by atoms with van der Waals surface area (Å²) in [5.74, 6) is 5.00. The maximum atomic E-state index is 12.4. The molecular formula is C28H40O2. The van der Waals surface area contributed by atoms with Gasteiger partial charge in [0.2, 0.25) is 0 Å². The summed E-state index contributed by atoms with van der Waals surface area (Å²) in [6, 6.07) is 6.01. The number of benzene rings is 1. The molecule has 5 rings (SSSR count). The predicted molar refractivity (Wildman–Crippen MR) is 121 cm³/mol. The van der Waals surface area contributed by atoms with E-state index < -0.39 is 0 Å². The third kappa shape index (κ3) is 2.84. The second-order valence-corrected chi connectivity index (χ2v) is 11.9. The van der Waals surface area contributed by atoms with Gasteiger partial charge in [0.25, 0.3) is 0 Å². The van der Waals surface area contributed by atoms with Crippen LogP contribution in [0.2, 0.25) is 0 Å². The van der Waals surface area contributed by atoms with Gasteiger partial charge < -0.3 is 5.11 Å². The van der Waals surface area contributed by atoms with Crippen LogP contribution in [0.5, 0.6) is 5.75 Å². The summed E-state index contributed by atoms with van der Waals surface area (Å²) in [7, 11) is 0. The molecule has 0 bridgehead atoms. The molecule has 0 saturated heterocycles. The van der Waals surface area contributed by atoms with Crippen molar-refractivity contribution in [3.8, 4) is 5.75 Å². The van der Waals surface area contributed by atoms with Crippen LogP contribution >= 0.6 is 0 Å². The zero-order valence-corrected chi connectivity index (χ0v) is 19.4. The maximum Gasteiger partial charge on any atom is 0.133 e. The summed E-state index contributed by atoms with van der Waals surface area (Å²) >= 11 is 0. The van der Waals surface area contributed by atoms with Crippen LogP contribution < -0.4 is 0 Å². The first kappa shape index (κ1) is 20.6. The molecule has 0 aliphatic heterocycles. The third-order valence-electron chi connectivity index (χ3n) is 10.9. The molecule has 2 heteroatoms. The van der Waals surface area contributed by atoms with Crippen molar-refractivity contribution in [3.05, 3.63) is 29.3 Å². The first-order valence-electron chi connectivity index (χ1n) is 12.5. The fourth-order valence-corrected chi connectivity index (χ4v) is 9.38. The Morgan fingerprint density at radius 2 is 1.70 bits per heavy atom. The summed E-state index contributed by atoms with van der Waals surface area (Å²) in [4.78, 5) is 12.4. The highest BCUT2D eigenvalue weighted by atomic mass is 16.3. The van der Waals surface area contributed by atoms with Crippen molar-refractivity contribution in [3.63, 3.8) is 0 Å². The number of hydrogen-bond acceptors (Lipinski definition) is 2. The van der Waals surface area contributed by atoms with Crippen molar-refractivity contribution in [1.82, 2.24) is 0 Å². The Bertz CT molecular complexity index is 823. The highest BCUT2D eigenvalue weighted by Gasteiger charge is 2.60. The van der Waals surface area contributed by atoms with Gasteiger partial charge in [-0.05, 0) is 129 Å². The van der Waals surface area contributed by atoms with Crippen LogP contribution in [0.25, 0.3) is 0 Å². The van der Waals surface area contributed by atoms with E-state index in [0.29, 0.717) is 28.8 Å². The van der Waals surface area contributed by atoms with Crippen molar-refractivity contribution in [2.45, 2.75) is 91.4 Å². The number of hydrogen-bond donors (Lipinski definition) is 1. The molecule has 1 aromatic rings. The Kier molecular flexibility index (Phi) is 4.88. The molecule has 164 valence electrons. The Labute approximate surface area is 182 Å². The summed E-state index contributed by atoms with van der Waals surface area (Å²) in [6.45, 7) is 9.07. The zero-order chi connectivity index (χ0) is 21.3. The van der Waals surface area contributed by atoms with Crippen molar-refractivity contribution in [1.29, 1.82) is 0 Å². The van der Waals surface area contributed by atoms with E-state index in [2.05, 4.69) is 26.8 Å². The number of aromatic hydroxyl groups is 1. The van der Waals surface area contributed by atoms with E-state index in [-0.39, 0.29) is 5.41 Å². The summed E-state index contributed by atoms with van der Waals surface area (Å²) in [5, 5.41) is 10.6. The summed E-state index contributed by atoms with van der Waals surface area (Å²) < 4.78 is 0. The Morgan fingerprint density at radius 1 is 0.967 bits per heavy atom. The van der Waals surface area contributed by atoms with Gasteiger partial charge in [0.1, 0.15) is 11.5 Å². The van der Waals surface area contributed by atoms with Gasteiger partial charge in [0.15, 0.2) is 0 Å². The van der Waals surface area contributed by atoms with Gasteiger partial charge in [0, 0.05) is 5.92 Å². The van der Waals surface area contributed by atoms with E-state index in [1.54, 1.807) is 0 Å². The summed E-state index contributed by atoms with van der Waals surface area (Å²) in [6.07, 6.45) is 11.5. The smallest absolute Gasteiger partial charge is 0.133 e. The molecule has 2 nitrogen and oxygen atoms in total. The lowest BCUT2D eigenvalue weighted by Gasteiger charge is -2.61. The van der Waals surface area contributed by atoms with Gasteiger partial charge in [-0.2, -0.15) is 0 Å². The molecule has 0 radical (unpaired) electrons. The molecule has 4 saturated carbocycles. The van der Waals surface area contributed by atoms with E-state index in [0.717, 1.165) is 30.1 Å². The Morgan fingerprint density at radius 3 is 2.43 bits per heavy atom. The third-order valence-corrected chi connectivity index (χ3v) is 10.9. The van der Waals surface area contributed by atoms with Crippen LogP contribution in [0.1, 0.15) is 95.6 Å². The molecule has 1 aromatic carbocycles. The van der Waals surface area contributed by atoms with Crippen molar-refractivity contribution >= 4 is 5.78 Å². The number of rotatable bonds is 2. The molecule has 0 aromatic heterocycles. The lowest BCUT2D eigenvalue weighted by molar-refractivity contribution is -0.134. The molecule has 4 aliphatic rings. The van der Waals surface area contributed by atoms with Crippen LogP contribution in [-0.4, -0.2) is 10.9 Å². The average molecular weight is 409 g/mol. The van der Waals surface area contributed by atoms with Crippen LogP contribution in [0.3, 0.4) is 0 Å². The number of fused-ring (bicyclic) bond motifs is 5. The number of aryl methyl sites for hydroxylation is 1. The number of ketones is 1. The Balaban J connectivity index is 1.39. The van der Waals surface area contributed by atoms with Crippen LogP contribution in [-0.2, 0) is 4.79 Å². The molecule has 8 atom stereocenters. The van der Waals surface area contributed by atoms with Crippen molar-refractivity contribution in [2.75, 3.05) is 0 Å². The molecule has 0 heterocycles. The second-order valence-electron chi connectivity index (χ2n) is 11.9. The molecule has 4 aliphatic carbocycles. The van der Waals surface area contributed by atoms with Crippen LogP contribution in [0.15, 0.2) is 18.2 Å². The number of phenolic OH excluding ortho intramolecular Hbond substituents is 1. The van der Waals surface area contributed by atoms with E-state index >= 15 is 0 Å². The molecule has 1 N–H and O–H groups in total. The maximum absolute atomic E-state index is 12.4. The van der Waals surface area contributed by atoms with E-state index in [1.165, 1.54) is 62.5 Å². The minimum Gasteiger partial charge on any atom is -0.508 e. The van der Waals surface area contributed by atoms with Gasteiger partial charge in [-0.1, -0.05) is 26.0 Å². The topological polar surface area (TPSA) is 37.3 Å². The average Bonchev–Trinajstić information content (AvgIpc) is 3.05. The zero-order valence-electron chi connectivity index (χ0n) is 19.4. The highest BCUT2D eigenvalue weighted by molar-refractivity contribution is 5.79. The molecule has 2 unspecified atom stereocenters. The minimum absolute atomic E-state index is 0.264. The molecule has 0 amide bonds. The van der Waals surface area contributed by atoms with Gasteiger partial charge >= 0.3 is 0 Å². The van der Waals surface area contributed by atoms with E-state index in [1.807, 2.05) is 19.1 Å². The molecular weight excluding hydrogens is 368 g/mol. The highest BCUT2D eigenvalue weighted by Crippen LogP contribution is 2.68. The van der Waals surface area contributed by atoms with Crippen molar-refractivity contribution in [2.24, 2.45) is 40.4 Å². The van der Waals surface area contributed by atoms with Crippen LogP contribution in [0, 0.1) is 47.3 Å². The van der Waals surface area contributed by atoms with Gasteiger partial charge in [0.05, 0.1) is 0 Å².